The Morgan fingerprint density at radius 1 is 1.12 bits per heavy atom. The Bertz CT molecular complexity index is 335. The highest BCUT2D eigenvalue weighted by atomic mass is 14.9. The largest absolute Gasteiger partial charge is 0.313 e. The van der Waals surface area contributed by atoms with Gasteiger partial charge in [-0.3, -0.25) is 0 Å². The molecule has 0 aliphatic heterocycles. The first-order chi connectivity index (χ1) is 8.15. The first-order valence-corrected chi connectivity index (χ1v) is 6.97. The van der Waals surface area contributed by atoms with Crippen molar-refractivity contribution >= 4 is 0 Å². The molecule has 1 aliphatic carbocycles. The van der Waals surface area contributed by atoms with Crippen molar-refractivity contribution < 1.29 is 0 Å². The number of rotatable bonds is 6. The average molecular weight is 231 g/mol. The van der Waals surface area contributed by atoms with Crippen LogP contribution in [-0.2, 0) is 6.42 Å². The van der Waals surface area contributed by atoms with Gasteiger partial charge >= 0.3 is 0 Å². The van der Waals surface area contributed by atoms with Crippen LogP contribution >= 0.6 is 0 Å². The third kappa shape index (κ3) is 4.16. The van der Waals surface area contributed by atoms with Gasteiger partial charge in [-0.05, 0) is 42.2 Å². The molecule has 17 heavy (non-hydrogen) atoms. The number of nitrogens with one attached hydrogen (secondary N) is 1. The van der Waals surface area contributed by atoms with Crippen LogP contribution in [0.15, 0.2) is 24.3 Å². The van der Waals surface area contributed by atoms with Crippen LogP contribution in [0.25, 0.3) is 0 Å². The molecule has 1 aromatic carbocycles. The number of benzene rings is 1. The summed E-state index contributed by atoms with van der Waals surface area (Å²) in [4.78, 5) is 0. The maximum atomic E-state index is 3.60. The van der Waals surface area contributed by atoms with Crippen molar-refractivity contribution in [3.8, 4) is 0 Å². The molecule has 94 valence electrons. The Balaban J connectivity index is 1.86. The Hall–Kier alpha value is -0.820. The average Bonchev–Trinajstić information content (AvgIpc) is 3.10. The maximum absolute atomic E-state index is 3.60. The maximum Gasteiger partial charge on any atom is 0.00684 e. The summed E-state index contributed by atoms with van der Waals surface area (Å²) < 4.78 is 0. The van der Waals surface area contributed by atoms with Crippen LogP contribution in [0, 0.1) is 5.92 Å². The Morgan fingerprint density at radius 3 is 2.29 bits per heavy atom. The highest BCUT2D eigenvalue weighted by Crippen LogP contribution is 2.21. The second kappa shape index (κ2) is 5.68. The van der Waals surface area contributed by atoms with E-state index in [-0.39, 0.29) is 0 Å². The van der Waals surface area contributed by atoms with E-state index in [1.54, 1.807) is 0 Å². The van der Waals surface area contributed by atoms with Gasteiger partial charge < -0.3 is 5.32 Å². The van der Waals surface area contributed by atoms with E-state index in [0.29, 0.717) is 5.92 Å². The van der Waals surface area contributed by atoms with Crippen LogP contribution in [0.5, 0.6) is 0 Å². The summed E-state index contributed by atoms with van der Waals surface area (Å²) in [5.41, 5.74) is 2.93. The van der Waals surface area contributed by atoms with Crippen LogP contribution in [0.4, 0.5) is 0 Å². The third-order valence-electron chi connectivity index (χ3n) is 3.48. The lowest BCUT2D eigenvalue weighted by Gasteiger charge is -2.13. The minimum absolute atomic E-state index is 0.628. The van der Waals surface area contributed by atoms with Crippen molar-refractivity contribution in [3.05, 3.63) is 35.4 Å². The van der Waals surface area contributed by atoms with Crippen molar-refractivity contribution in [2.75, 3.05) is 6.54 Å². The monoisotopic (exact) mass is 231 g/mol. The zero-order chi connectivity index (χ0) is 12.3. The SMILES string of the molecule is CC(C)Cc1ccc(C(C)CNC2CC2)cc1. The van der Waals surface area contributed by atoms with Crippen molar-refractivity contribution in [2.45, 2.75) is 52.0 Å². The minimum Gasteiger partial charge on any atom is -0.313 e. The van der Waals surface area contributed by atoms with Crippen LogP contribution in [-0.4, -0.2) is 12.6 Å². The molecule has 0 heterocycles. The van der Waals surface area contributed by atoms with Gasteiger partial charge in [0.2, 0.25) is 0 Å². The zero-order valence-electron chi connectivity index (χ0n) is 11.4. The molecule has 0 radical (unpaired) electrons. The highest BCUT2D eigenvalue weighted by Gasteiger charge is 2.21. The second-order valence-corrected chi connectivity index (χ2v) is 5.92. The fraction of sp³-hybridized carbons (Fsp3) is 0.625. The van der Waals surface area contributed by atoms with E-state index in [1.165, 1.54) is 30.4 Å². The Morgan fingerprint density at radius 2 is 1.76 bits per heavy atom. The van der Waals surface area contributed by atoms with Crippen LogP contribution in [0.2, 0.25) is 0 Å². The van der Waals surface area contributed by atoms with E-state index in [9.17, 15) is 0 Å². The lowest BCUT2D eigenvalue weighted by atomic mass is 9.97. The van der Waals surface area contributed by atoms with Gasteiger partial charge in [0.25, 0.3) is 0 Å². The molecule has 0 amide bonds. The first kappa shape index (κ1) is 12.6. The van der Waals surface area contributed by atoms with Gasteiger partial charge in [0.15, 0.2) is 0 Å². The molecule has 1 atom stereocenters. The fourth-order valence-electron chi connectivity index (χ4n) is 2.20. The van der Waals surface area contributed by atoms with Crippen LogP contribution in [0.1, 0.15) is 50.7 Å². The normalized spacial score (nSPS) is 17.4. The Labute approximate surface area is 106 Å². The predicted octanol–water partition coefficient (Wildman–Crippen LogP) is 3.74. The highest BCUT2D eigenvalue weighted by molar-refractivity contribution is 5.25. The summed E-state index contributed by atoms with van der Waals surface area (Å²) in [7, 11) is 0. The van der Waals surface area contributed by atoms with E-state index >= 15 is 0 Å². The molecule has 0 bridgehead atoms. The molecule has 1 saturated carbocycles. The number of hydrogen-bond donors (Lipinski definition) is 1. The molecule has 1 N–H and O–H groups in total. The molecule has 0 spiro atoms. The van der Waals surface area contributed by atoms with E-state index in [1.807, 2.05) is 0 Å². The minimum atomic E-state index is 0.628. The van der Waals surface area contributed by atoms with Gasteiger partial charge in [0.1, 0.15) is 0 Å². The molecular weight excluding hydrogens is 206 g/mol. The van der Waals surface area contributed by atoms with Crippen molar-refractivity contribution in [3.63, 3.8) is 0 Å². The van der Waals surface area contributed by atoms with E-state index in [4.69, 9.17) is 0 Å². The van der Waals surface area contributed by atoms with Gasteiger partial charge in [-0.15, -0.1) is 0 Å². The molecule has 1 aliphatic rings. The smallest absolute Gasteiger partial charge is 0.00684 e. The topological polar surface area (TPSA) is 12.0 Å². The van der Waals surface area contributed by atoms with Gasteiger partial charge in [0.05, 0.1) is 0 Å². The molecule has 1 heteroatoms. The molecule has 1 nitrogen and oxygen atoms in total. The summed E-state index contributed by atoms with van der Waals surface area (Å²) in [5, 5.41) is 3.60. The summed E-state index contributed by atoms with van der Waals surface area (Å²) in [6, 6.07) is 10.0. The third-order valence-corrected chi connectivity index (χ3v) is 3.48. The van der Waals surface area contributed by atoms with Gasteiger partial charge in [-0.1, -0.05) is 45.0 Å². The number of hydrogen-bond acceptors (Lipinski definition) is 1. The fourth-order valence-corrected chi connectivity index (χ4v) is 2.20. The van der Waals surface area contributed by atoms with E-state index in [2.05, 4.69) is 50.4 Å². The van der Waals surface area contributed by atoms with Gasteiger partial charge in [0, 0.05) is 12.6 Å². The van der Waals surface area contributed by atoms with Crippen molar-refractivity contribution in [1.82, 2.24) is 5.32 Å². The standard InChI is InChI=1S/C16H25N/c1-12(2)10-14-4-6-15(7-5-14)13(3)11-17-16-8-9-16/h4-7,12-13,16-17H,8-11H2,1-3H3. The predicted molar refractivity (Wildman–Crippen MR) is 74.4 cm³/mol. The lowest BCUT2D eigenvalue weighted by molar-refractivity contribution is 0.611. The van der Waals surface area contributed by atoms with Crippen LogP contribution < -0.4 is 5.32 Å². The molecule has 1 fully saturated rings. The second-order valence-electron chi connectivity index (χ2n) is 5.92. The summed E-state index contributed by atoms with van der Waals surface area (Å²) in [6.45, 7) is 7.98. The van der Waals surface area contributed by atoms with E-state index < -0.39 is 0 Å². The van der Waals surface area contributed by atoms with Gasteiger partial charge in [-0.25, -0.2) is 0 Å². The summed E-state index contributed by atoms with van der Waals surface area (Å²) >= 11 is 0. The molecule has 0 saturated heterocycles. The quantitative estimate of drug-likeness (QED) is 0.786. The molecule has 2 rings (SSSR count). The Kier molecular flexibility index (Phi) is 4.22. The molecular formula is C16H25N. The van der Waals surface area contributed by atoms with E-state index in [0.717, 1.165) is 18.5 Å². The summed E-state index contributed by atoms with van der Waals surface area (Å²) in [6.07, 6.45) is 3.94. The lowest BCUT2D eigenvalue weighted by Crippen LogP contribution is -2.21. The van der Waals surface area contributed by atoms with Crippen LogP contribution in [0.3, 0.4) is 0 Å². The van der Waals surface area contributed by atoms with Crippen molar-refractivity contribution in [1.29, 1.82) is 0 Å². The molecule has 0 aromatic heterocycles. The van der Waals surface area contributed by atoms with Gasteiger partial charge in [-0.2, -0.15) is 0 Å². The summed E-state index contributed by atoms with van der Waals surface area (Å²) in [5.74, 6) is 1.37. The first-order valence-electron chi connectivity index (χ1n) is 6.97. The zero-order valence-corrected chi connectivity index (χ0v) is 11.4. The molecule has 1 aromatic rings. The molecule has 1 unspecified atom stereocenters. The van der Waals surface area contributed by atoms with Crippen molar-refractivity contribution in [2.24, 2.45) is 5.92 Å².